The molecule has 0 saturated heterocycles. The minimum absolute atomic E-state index is 0.337. The third-order valence-electron chi connectivity index (χ3n) is 3.30. The van der Waals surface area contributed by atoms with E-state index < -0.39 is 0 Å². The molecule has 2 heterocycles. The van der Waals surface area contributed by atoms with Crippen LogP contribution in [0, 0.1) is 0 Å². The average molecular weight is 311 g/mol. The Morgan fingerprint density at radius 3 is 2.65 bits per heavy atom. The van der Waals surface area contributed by atoms with Crippen LogP contribution in [0.3, 0.4) is 0 Å². The van der Waals surface area contributed by atoms with Gasteiger partial charge in [-0.1, -0.05) is 17.3 Å². The maximum Gasteiger partial charge on any atom is 0.267 e. The Labute approximate surface area is 134 Å². The molecule has 0 amide bonds. The summed E-state index contributed by atoms with van der Waals surface area (Å²) in [7, 11) is 1.64. The van der Waals surface area contributed by atoms with E-state index in [-0.39, 0.29) is 6.10 Å². The molecule has 6 heteroatoms. The smallest absolute Gasteiger partial charge is 0.267 e. The largest absolute Gasteiger partial charge is 0.497 e. The van der Waals surface area contributed by atoms with Crippen LogP contribution in [-0.2, 0) is 6.42 Å². The van der Waals surface area contributed by atoms with Crippen molar-refractivity contribution in [3.05, 3.63) is 66.1 Å². The zero-order valence-electron chi connectivity index (χ0n) is 13.0. The van der Waals surface area contributed by atoms with Crippen molar-refractivity contribution in [2.45, 2.75) is 19.4 Å². The molecule has 3 rings (SSSR count). The Morgan fingerprint density at radius 2 is 1.96 bits per heavy atom. The van der Waals surface area contributed by atoms with Crippen LogP contribution in [0.5, 0.6) is 11.5 Å². The zero-order chi connectivity index (χ0) is 16.1. The fourth-order valence-corrected chi connectivity index (χ4v) is 2.10. The normalized spacial score (nSPS) is 11.9. The van der Waals surface area contributed by atoms with E-state index in [0.29, 0.717) is 23.9 Å². The number of rotatable bonds is 6. The standard InChI is InChI=1S/C17H17N3O3/c1-12(22-15-4-3-9-18-11-15)17-19-16(20-23-17)10-13-5-7-14(21-2)8-6-13/h3-9,11-12H,10H2,1-2H3. The van der Waals surface area contributed by atoms with Crippen molar-refractivity contribution in [1.29, 1.82) is 0 Å². The highest BCUT2D eigenvalue weighted by atomic mass is 16.5. The summed E-state index contributed by atoms with van der Waals surface area (Å²) in [5.41, 5.74) is 1.08. The van der Waals surface area contributed by atoms with Crippen LogP contribution in [0.25, 0.3) is 0 Å². The number of aromatic nitrogens is 3. The molecule has 0 saturated carbocycles. The van der Waals surface area contributed by atoms with Gasteiger partial charge in [-0.25, -0.2) is 0 Å². The summed E-state index contributed by atoms with van der Waals surface area (Å²) < 4.78 is 16.1. The Kier molecular flexibility index (Phi) is 4.52. The van der Waals surface area contributed by atoms with Crippen LogP contribution in [0.2, 0.25) is 0 Å². The molecule has 0 fully saturated rings. The molecule has 1 unspecified atom stereocenters. The Balaban J connectivity index is 1.65. The third-order valence-corrected chi connectivity index (χ3v) is 3.30. The number of methoxy groups -OCH3 is 1. The van der Waals surface area contributed by atoms with E-state index in [1.165, 1.54) is 0 Å². The second-order valence-electron chi connectivity index (χ2n) is 5.02. The predicted molar refractivity (Wildman–Crippen MR) is 83.4 cm³/mol. The molecule has 1 aromatic carbocycles. The van der Waals surface area contributed by atoms with Gasteiger partial charge in [0, 0.05) is 12.6 Å². The van der Waals surface area contributed by atoms with Crippen LogP contribution in [0.15, 0.2) is 53.3 Å². The lowest BCUT2D eigenvalue weighted by Crippen LogP contribution is -2.04. The minimum Gasteiger partial charge on any atom is -0.497 e. The van der Waals surface area contributed by atoms with Crippen LogP contribution in [0.1, 0.15) is 30.3 Å². The molecule has 0 radical (unpaired) electrons. The maximum absolute atomic E-state index is 5.72. The van der Waals surface area contributed by atoms with Gasteiger partial charge < -0.3 is 14.0 Å². The Morgan fingerprint density at radius 1 is 1.13 bits per heavy atom. The van der Waals surface area contributed by atoms with Gasteiger partial charge in [0.25, 0.3) is 5.89 Å². The van der Waals surface area contributed by atoms with E-state index in [1.807, 2.05) is 43.3 Å². The minimum atomic E-state index is -0.337. The topological polar surface area (TPSA) is 70.3 Å². The summed E-state index contributed by atoms with van der Waals surface area (Å²) in [6.45, 7) is 1.86. The fraction of sp³-hybridized carbons (Fsp3) is 0.235. The fourth-order valence-electron chi connectivity index (χ4n) is 2.10. The van der Waals surface area contributed by atoms with E-state index in [2.05, 4.69) is 15.1 Å². The van der Waals surface area contributed by atoms with Crippen molar-refractivity contribution < 1.29 is 14.0 Å². The van der Waals surface area contributed by atoms with Gasteiger partial charge in [-0.15, -0.1) is 0 Å². The average Bonchev–Trinajstić information content (AvgIpc) is 3.05. The van der Waals surface area contributed by atoms with Gasteiger partial charge in [-0.3, -0.25) is 4.98 Å². The van der Waals surface area contributed by atoms with Crippen molar-refractivity contribution in [2.24, 2.45) is 0 Å². The summed E-state index contributed by atoms with van der Waals surface area (Å²) in [5.74, 6) is 2.54. The summed E-state index contributed by atoms with van der Waals surface area (Å²) >= 11 is 0. The first kappa shape index (κ1) is 15.0. The highest BCUT2D eigenvalue weighted by Crippen LogP contribution is 2.20. The number of benzene rings is 1. The molecule has 0 aliphatic carbocycles. The number of pyridine rings is 1. The Bertz CT molecular complexity index is 741. The molecule has 2 aromatic heterocycles. The summed E-state index contributed by atoms with van der Waals surface area (Å²) in [5, 5.41) is 4.00. The van der Waals surface area contributed by atoms with E-state index in [4.69, 9.17) is 14.0 Å². The van der Waals surface area contributed by atoms with Gasteiger partial charge in [0.2, 0.25) is 0 Å². The van der Waals surface area contributed by atoms with E-state index >= 15 is 0 Å². The molecule has 0 bridgehead atoms. The lowest BCUT2D eigenvalue weighted by atomic mass is 10.1. The van der Waals surface area contributed by atoms with Gasteiger partial charge >= 0.3 is 0 Å². The SMILES string of the molecule is COc1ccc(Cc2noc(C(C)Oc3cccnc3)n2)cc1. The molecule has 0 aliphatic heterocycles. The van der Waals surface area contributed by atoms with Crippen molar-refractivity contribution in [1.82, 2.24) is 15.1 Å². The first-order valence-electron chi connectivity index (χ1n) is 7.26. The molecule has 23 heavy (non-hydrogen) atoms. The number of ether oxygens (including phenoxy) is 2. The molecular formula is C17H17N3O3. The van der Waals surface area contributed by atoms with Gasteiger partial charge in [0.15, 0.2) is 11.9 Å². The molecule has 0 spiro atoms. The molecule has 3 aromatic rings. The molecule has 0 N–H and O–H groups in total. The van der Waals surface area contributed by atoms with Crippen molar-refractivity contribution in [3.8, 4) is 11.5 Å². The summed E-state index contributed by atoms with van der Waals surface area (Å²) in [4.78, 5) is 8.39. The van der Waals surface area contributed by atoms with Gasteiger partial charge in [0.1, 0.15) is 11.5 Å². The molecule has 1 atom stereocenters. The van der Waals surface area contributed by atoms with E-state index in [9.17, 15) is 0 Å². The van der Waals surface area contributed by atoms with Crippen molar-refractivity contribution >= 4 is 0 Å². The zero-order valence-corrected chi connectivity index (χ0v) is 13.0. The van der Waals surface area contributed by atoms with Crippen LogP contribution in [-0.4, -0.2) is 22.2 Å². The number of nitrogens with zero attached hydrogens (tertiary/aromatic N) is 3. The van der Waals surface area contributed by atoms with E-state index in [1.54, 1.807) is 19.5 Å². The molecule has 0 aliphatic rings. The third kappa shape index (κ3) is 3.85. The van der Waals surface area contributed by atoms with Gasteiger partial charge in [-0.2, -0.15) is 4.98 Å². The second-order valence-corrected chi connectivity index (χ2v) is 5.02. The lowest BCUT2D eigenvalue weighted by molar-refractivity contribution is 0.175. The molecule has 118 valence electrons. The summed E-state index contributed by atoms with van der Waals surface area (Å²) in [6, 6.07) is 11.4. The molecule has 6 nitrogen and oxygen atoms in total. The van der Waals surface area contributed by atoms with Gasteiger partial charge in [-0.05, 0) is 36.8 Å². The first-order chi connectivity index (χ1) is 11.2. The quantitative estimate of drug-likeness (QED) is 0.696. The highest BCUT2D eigenvalue weighted by molar-refractivity contribution is 5.28. The van der Waals surface area contributed by atoms with Crippen molar-refractivity contribution in [3.63, 3.8) is 0 Å². The molecular weight excluding hydrogens is 294 g/mol. The maximum atomic E-state index is 5.72. The van der Waals surface area contributed by atoms with Crippen LogP contribution >= 0.6 is 0 Å². The second kappa shape index (κ2) is 6.91. The van der Waals surface area contributed by atoms with Crippen molar-refractivity contribution in [2.75, 3.05) is 7.11 Å². The van der Waals surface area contributed by atoms with Crippen LogP contribution < -0.4 is 9.47 Å². The lowest BCUT2D eigenvalue weighted by Gasteiger charge is -2.09. The Hall–Kier alpha value is -2.89. The summed E-state index contributed by atoms with van der Waals surface area (Å²) in [6.07, 6.45) is 3.59. The predicted octanol–water partition coefficient (Wildman–Crippen LogP) is 3.20. The first-order valence-corrected chi connectivity index (χ1v) is 7.26. The van der Waals surface area contributed by atoms with Crippen LogP contribution in [0.4, 0.5) is 0 Å². The number of hydrogen-bond donors (Lipinski definition) is 0. The van der Waals surface area contributed by atoms with E-state index in [0.717, 1.165) is 11.3 Å². The van der Waals surface area contributed by atoms with Gasteiger partial charge in [0.05, 0.1) is 13.3 Å². The monoisotopic (exact) mass is 311 g/mol. The number of hydrogen-bond acceptors (Lipinski definition) is 6. The highest BCUT2D eigenvalue weighted by Gasteiger charge is 2.16.